The maximum Gasteiger partial charge on any atom is 0.352 e. The summed E-state index contributed by atoms with van der Waals surface area (Å²) in [6.45, 7) is 3.36. The van der Waals surface area contributed by atoms with Crippen molar-refractivity contribution in [2.75, 3.05) is 13.2 Å². The van der Waals surface area contributed by atoms with Gasteiger partial charge >= 0.3 is 5.97 Å². The third kappa shape index (κ3) is 3.84. The highest BCUT2D eigenvalue weighted by atomic mass is 32.2. The van der Waals surface area contributed by atoms with Gasteiger partial charge in [-0.2, -0.15) is 0 Å². The first-order valence-electron chi connectivity index (χ1n) is 6.97. The topological polar surface area (TPSA) is 97.6 Å². The molecule has 118 valence electrons. The molecule has 1 atom stereocenters. The van der Waals surface area contributed by atoms with Crippen molar-refractivity contribution in [2.24, 2.45) is 0 Å². The lowest BCUT2D eigenvalue weighted by Crippen LogP contribution is -2.40. The van der Waals surface area contributed by atoms with E-state index in [0.29, 0.717) is 19.8 Å². The minimum Gasteiger partial charge on any atom is -0.477 e. The maximum absolute atomic E-state index is 12.3. The van der Waals surface area contributed by atoms with Crippen LogP contribution in [-0.4, -0.2) is 43.3 Å². The first-order chi connectivity index (χ1) is 9.94. The van der Waals surface area contributed by atoms with Gasteiger partial charge in [0.25, 0.3) is 0 Å². The van der Waals surface area contributed by atoms with Crippen LogP contribution in [0.4, 0.5) is 0 Å². The van der Waals surface area contributed by atoms with Crippen LogP contribution in [0.3, 0.4) is 0 Å². The summed E-state index contributed by atoms with van der Waals surface area (Å²) in [5.41, 5.74) is -0.0166. The molecule has 7 nitrogen and oxygen atoms in total. The SMILES string of the molecule is CCCn1cc(S(=O)(=O)NC2CCCOC2)cc1C(=O)O. The van der Waals surface area contributed by atoms with Gasteiger partial charge in [-0.3, -0.25) is 0 Å². The molecular weight excluding hydrogens is 296 g/mol. The van der Waals surface area contributed by atoms with E-state index >= 15 is 0 Å². The number of aryl methyl sites for hydroxylation is 1. The Labute approximate surface area is 124 Å². The van der Waals surface area contributed by atoms with E-state index in [1.54, 1.807) is 0 Å². The number of aromatic carboxylic acids is 1. The molecule has 0 amide bonds. The van der Waals surface area contributed by atoms with Crippen molar-refractivity contribution in [1.82, 2.24) is 9.29 Å². The fourth-order valence-electron chi connectivity index (χ4n) is 2.36. The Morgan fingerprint density at radius 2 is 2.33 bits per heavy atom. The zero-order valence-electron chi connectivity index (χ0n) is 11.9. The molecule has 21 heavy (non-hydrogen) atoms. The van der Waals surface area contributed by atoms with Gasteiger partial charge in [0.2, 0.25) is 10.0 Å². The lowest BCUT2D eigenvalue weighted by molar-refractivity contribution is 0.0685. The molecule has 0 aromatic carbocycles. The summed E-state index contributed by atoms with van der Waals surface area (Å²) in [4.78, 5) is 11.2. The minimum atomic E-state index is -3.73. The number of ether oxygens (including phenoxy) is 1. The number of aromatic nitrogens is 1. The molecule has 0 saturated carbocycles. The molecule has 1 unspecified atom stereocenters. The zero-order valence-corrected chi connectivity index (χ0v) is 12.7. The summed E-state index contributed by atoms with van der Waals surface area (Å²) in [5, 5.41) is 9.14. The largest absolute Gasteiger partial charge is 0.477 e. The van der Waals surface area contributed by atoms with E-state index in [-0.39, 0.29) is 16.6 Å². The summed E-state index contributed by atoms with van der Waals surface area (Å²) in [6, 6.07) is 0.941. The summed E-state index contributed by atoms with van der Waals surface area (Å²) in [5.74, 6) is -1.13. The van der Waals surface area contributed by atoms with Crippen molar-refractivity contribution >= 4 is 16.0 Å². The average molecular weight is 316 g/mol. The molecule has 1 aromatic heterocycles. The number of carboxylic acids is 1. The van der Waals surface area contributed by atoms with Gasteiger partial charge in [-0.1, -0.05) is 6.92 Å². The smallest absolute Gasteiger partial charge is 0.352 e. The van der Waals surface area contributed by atoms with Gasteiger partial charge in [0.1, 0.15) is 10.6 Å². The van der Waals surface area contributed by atoms with E-state index in [2.05, 4.69) is 4.72 Å². The van der Waals surface area contributed by atoms with E-state index in [9.17, 15) is 13.2 Å². The molecule has 2 rings (SSSR count). The molecule has 0 bridgehead atoms. The summed E-state index contributed by atoms with van der Waals surface area (Å²) in [6.07, 6.45) is 3.63. The van der Waals surface area contributed by atoms with Crippen LogP contribution in [0.1, 0.15) is 36.7 Å². The Kier molecular flexibility index (Phi) is 5.02. The standard InChI is InChI=1S/C13H20N2O5S/c1-2-5-15-8-11(7-12(15)13(16)17)21(18,19)14-10-4-3-6-20-9-10/h7-8,10,14H,2-6,9H2,1H3,(H,16,17). The maximum atomic E-state index is 12.3. The highest BCUT2D eigenvalue weighted by Gasteiger charge is 2.25. The number of sulfonamides is 1. The first-order valence-corrected chi connectivity index (χ1v) is 8.46. The van der Waals surface area contributed by atoms with Crippen molar-refractivity contribution in [2.45, 2.75) is 43.7 Å². The second-order valence-corrected chi connectivity index (χ2v) is 6.81. The van der Waals surface area contributed by atoms with Gasteiger partial charge in [-0.25, -0.2) is 17.9 Å². The number of nitrogens with one attached hydrogen (secondary N) is 1. The summed E-state index contributed by atoms with van der Waals surface area (Å²) < 4.78 is 33.9. The van der Waals surface area contributed by atoms with Crippen molar-refractivity contribution in [3.8, 4) is 0 Å². The van der Waals surface area contributed by atoms with Crippen molar-refractivity contribution in [3.63, 3.8) is 0 Å². The van der Waals surface area contributed by atoms with Gasteiger partial charge < -0.3 is 14.4 Å². The van der Waals surface area contributed by atoms with E-state index in [0.717, 1.165) is 19.3 Å². The predicted octanol–water partition coefficient (Wildman–Crippen LogP) is 1.05. The van der Waals surface area contributed by atoms with Gasteiger partial charge in [0.05, 0.1) is 6.61 Å². The van der Waals surface area contributed by atoms with Gasteiger partial charge in [0.15, 0.2) is 0 Å². The van der Waals surface area contributed by atoms with Crippen LogP contribution in [0.15, 0.2) is 17.2 Å². The van der Waals surface area contributed by atoms with Crippen LogP contribution in [0.5, 0.6) is 0 Å². The molecule has 2 N–H and O–H groups in total. The Hall–Kier alpha value is -1.38. The normalized spacial score (nSPS) is 19.6. The molecule has 2 heterocycles. The number of rotatable bonds is 6. The number of carbonyl (C=O) groups is 1. The molecule has 1 aliphatic heterocycles. The van der Waals surface area contributed by atoms with E-state index in [1.165, 1.54) is 16.8 Å². The van der Waals surface area contributed by atoms with Crippen LogP contribution in [0, 0.1) is 0 Å². The zero-order chi connectivity index (χ0) is 15.5. The molecule has 1 fully saturated rings. The van der Waals surface area contributed by atoms with Crippen LogP contribution in [0.2, 0.25) is 0 Å². The van der Waals surface area contributed by atoms with Crippen molar-refractivity contribution in [3.05, 3.63) is 18.0 Å². The third-order valence-corrected chi connectivity index (χ3v) is 4.84. The third-order valence-electron chi connectivity index (χ3n) is 3.35. The van der Waals surface area contributed by atoms with Crippen LogP contribution in [-0.2, 0) is 21.3 Å². The monoisotopic (exact) mass is 316 g/mol. The van der Waals surface area contributed by atoms with Crippen LogP contribution in [0.25, 0.3) is 0 Å². The lowest BCUT2D eigenvalue weighted by atomic mass is 10.1. The van der Waals surface area contributed by atoms with Crippen LogP contribution >= 0.6 is 0 Å². The van der Waals surface area contributed by atoms with E-state index in [4.69, 9.17) is 9.84 Å². The van der Waals surface area contributed by atoms with Crippen molar-refractivity contribution in [1.29, 1.82) is 0 Å². The summed E-state index contributed by atoms with van der Waals surface area (Å²) >= 11 is 0. The molecule has 0 aliphatic carbocycles. The second kappa shape index (κ2) is 6.59. The quantitative estimate of drug-likeness (QED) is 0.817. The predicted molar refractivity (Wildman–Crippen MR) is 75.8 cm³/mol. The Balaban J connectivity index is 2.22. The minimum absolute atomic E-state index is 0.0149. The number of hydrogen-bond donors (Lipinski definition) is 2. The van der Waals surface area contributed by atoms with E-state index in [1.807, 2.05) is 6.92 Å². The fourth-order valence-corrected chi connectivity index (χ4v) is 3.65. The first kappa shape index (κ1) is 16.0. The Morgan fingerprint density at radius 1 is 1.57 bits per heavy atom. The van der Waals surface area contributed by atoms with Crippen molar-refractivity contribution < 1.29 is 23.1 Å². The summed E-state index contributed by atoms with van der Waals surface area (Å²) in [7, 11) is -3.73. The molecule has 1 saturated heterocycles. The molecular formula is C13H20N2O5S. The highest BCUT2D eigenvalue weighted by Crippen LogP contribution is 2.17. The van der Waals surface area contributed by atoms with E-state index < -0.39 is 16.0 Å². The fraction of sp³-hybridized carbons (Fsp3) is 0.615. The Bertz CT molecular complexity index is 602. The second-order valence-electron chi connectivity index (χ2n) is 5.09. The molecule has 1 aliphatic rings. The lowest BCUT2D eigenvalue weighted by Gasteiger charge is -2.22. The van der Waals surface area contributed by atoms with Gasteiger partial charge in [0, 0.05) is 25.4 Å². The van der Waals surface area contributed by atoms with Gasteiger partial charge in [-0.05, 0) is 25.3 Å². The van der Waals surface area contributed by atoms with Gasteiger partial charge in [-0.15, -0.1) is 0 Å². The van der Waals surface area contributed by atoms with Crippen LogP contribution < -0.4 is 4.72 Å². The Morgan fingerprint density at radius 3 is 2.90 bits per heavy atom. The number of hydrogen-bond acceptors (Lipinski definition) is 4. The molecule has 0 radical (unpaired) electrons. The molecule has 8 heteroatoms. The molecule has 0 spiro atoms. The number of carboxylic acid groups (broad SMARTS) is 1. The average Bonchev–Trinajstić information content (AvgIpc) is 2.85. The highest BCUT2D eigenvalue weighted by molar-refractivity contribution is 7.89. The molecule has 1 aromatic rings. The number of nitrogens with zero attached hydrogens (tertiary/aromatic N) is 1.